The van der Waals surface area contributed by atoms with Gasteiger partial charge in [-0.1, -0.05) is 41.9 Å². The van der Waals surface area contributed by atoms with Crippen molar-refractivity contribution in [2.24, 2.45) is 0 Å². The fourth-order valence-electron chi connectivity index (χ4n) is 2.03. The van der Waals surface area contributed by atoms with Crippen LogP contribution in [0.1, 0.15) is 35.4 Å². The van der Waals surface area contributed by atoms with Crippen molar-refractivity contribution in [1.82, 2.24) is 5.32 Å². The first-order valence-electron chi connectivity index (χ1n) is 7.34. The van der Waals surface area contributed by atoms with Gasteiger partial charge in [-0.2, -0.15) is 0 Å². The van der Waals surface area contributed by atoms with Gasteiger partial charge in [0.2, 0.25) is 0 Å². The zero-order valence-electron chi connectivity index (χ0n) is 12.8. The van der Waals surface area contributed by atoms with Crippen LogP contribution in [0.5, 0.6) is 0 Å². The molecule has 2 aromatic carbocycles. The van der Waals surface area contributed by atoms with Crippen LogP contribution >= 0.6 is 11.6 Å². The fraction of sp³-hybridized carbons (Fsp3) is 0.222. The number of carbonyl (C=O) groups excluding carboxylic acids is 2. The van der Waals surface area contributed by atoms with E-state index in [1.54, 1.807) is 24.3 Å². The van der Waals surface area contributed by atoms with Gasteiger partial charge >= 0.3 is 5.97 Å². The van der Waals surface area contributed by atoms with Crippen LogP contribution in [0, 0.1) is 0 Å². The minimum atomic E-state index is -0.349. The molecule has 4 nitrogen and oxygen atoms in total. The Hall–Kier alpha value is -2.33. The molecule has 2 aromatic rings. The van der Waals surface area contributed by atoms with E-state index in [9.17, 15) is 9.59 Å². The molecule has 2 rings (SSSR count). The topological polar surface area (TPSA) is 55.4 Å². The molecule has 120 valence electrons. The molecular formula is C18H18ClNO3. The molecule has 0 saturated carbocycles. The predicted molar refractivity (Wildman–Crippen MR) is 89.4 cm³/mol. The van der Waals surface area contributed by atoms with Gasteiger partial charge in [0.15, 0.2) is 0 Å². The zero-order valence-corrected chi connectivity index (χ0v) is 13.5. The molecule has 0 aliphatic rings. The molecule has 0 radical (unpaired) electrons. The third kappa shape index (κ3) is 5.42. The highest BCUT2D eigenvalue weighted by molar-refractivity contribution is 6.30. The molecule has 0 spiro atoms. The number of carbonyl (C=O) groups is 2. The Morgan fingerprint density at radius 3 is 2.39 bits per heavy atom. The van der Waals surface area contributed by atoms with Crippen LogP contribution in [0.25, 0.3) is 0 Å². The lowest BCUT2D eigenvalue weighted by atomic mass is 10.1. The lowest BCUT2D eigenvalue weighted by Gasteiger charge is -2.13. The van der Waals surface area contributed by atoms with Gasteiger partial charge < -0.3 is 10.1 Å². The van der Waals surface area contributed by atoms with Crippen molar-refractivity contribution in [3.8, 4) is 0 Å². The summed E-state index contributed by atoms with van der Waals surface area (Å²) in [5.74, 6) is -0.594. The van der Waals surface area contributed by atoms with Gasteiger partial charge in [0.25, 0.3) is 5.91 Å². The van der Waals surface area contributed by atoms with Crippen molar-refractivity contribution in [2.45, 2.75) is 19.4 Å². The maximum absolute atomic E-state index is 11.9. The largest absolute Gasteiger partial charge is 0.458 e. The van der Waals surface area contributed by atoms with Gasteiger partial charge in [-0.3, -0.25) is 9.59 Å². The van der Waals surface area contributed by atoms with Crippen LogP contribution in [-0.2, 0) is 9.53 Å². The summed E-state index contributed by atoms with van der Waals surface area (Å²) in [7, 11) is 0. The van der Waals surface area contributed by atoms with E-state index in [2.05, 4.69) is 5.32 Å². The number of nitrogens with one attached hydrogen (secondary N) is 1. The van der Waals surface area contributed by atoms with Crippen LogP contribution in [0.4, 0.5) is 0 Å². The molecule has 23 heavy (non-hydrogen) atoms. The number of benzene rings is 2. The van der Waals surface area contributed by atoms with E-state index in [-0.39, 0.29) is 30.9 Å². The number of halogens is 1. The summed E-state index contributed by atoms with van der Waals surface area (Å²) in [4.78, 5) is 23.7. The van der Waals surface area contributed by atoms with Crippen LogP contribution in [0.2, 0.25) is 5.02 Å². The van der Waals surface area contributed by atoms with Crippen molar-refractivity contribution in [3.63, 3.8) is 0 Å². The van der Waals surface area contributed by atoms with Crippen LogP contribution < -0.4 is 5.32 Å². The molecule has 0 bridgehead atoms. The summed E-state index contributed by atoms with van der Waals surface area (Å²) in [6.07, 6.45) is -0.188. The lowest BCUT2D eigenvalue weighted by Crippen LogP contribution is -2.26. The molecule has 0 aromatic heterocycles. The molecular weight excluding hydrogens is 314 g/mol. The Kier molecular flexibility index (Phi) is 6.18. The monoisotopic (exact) mass is 331 g/mol. The predicted octanol–water partition coefficient (Wildman–Crippen LogP) is 3.76. The minimum Gasteiger partial charge on any atom is -0.458 e. The highest BCUT2D eigenvalue weighted by Crippen LogP contribution is 2.16. The average molecular weight is 332 g/mol. The fourth-order valence-corrected chi connectivity index (χ4v) is 2.16. The first kappa shape index (κ1) is 17.0. The van der Waals surface area contributed by atoms with Crippen molar-refractivity contribution in [1.29, 1.82) is 0 Å². The van der Waals surface area contributed by atoms with Crippen molar-refractivity contribution < 1.29 is 14.3 Å². The van der Waals surface area contributed by atoms with Crippen molar-refractivity contribution in [3.05, 3.63) is 70.7 Å². The van der Waals surface area contributed by atoms with E-state index in [4.69, 9.17) is 16.3 Å². The quantitative estimate of drug-likeness (QED) is 0.820. The first-order valence-corrected chi connectivity index (χ1v) is 7.72. The van der Waals surface area contributed by atoms with Gasteiger partial charge in [-0.25, -0.2) is 0 Å². The molecule has 0 unspecified atom stereocenters. The number of esters is 1. The Morgan fingerprint density at radius 1 is 1.09 bits per heavy atom. The number of rotatable bonds is 6. The summed E-state index contributed by atoms with van der Waals surface area (Å²) < 4.78 is 5.33. The third-order valence-electron chi connectivity index (χ3n) is 3.30. The molecule has 0 aliphatic heterocycles. The maximum atomic E-state index is 11.9. The molecule has 1 N–H and O–H groups in total. The minimum absolute atomic E-state index is 0.122. The van der Waals surface area contributed by atoms with Crippen molar-refractivity contribution >= 4 is 23.5 Å². The van der Waals surface area contributed by atoms with E-state index < -0.39 is 0 Å². The Labute approximate surface area is 140 Å². The average Bonchev–Trinajstić information content (AvgIpc) is 2.56. The Bertz CT molecular complexity index is 656. The van der Waals surface area contributed by atoms with Gasteiger partial charge in [0, 0.05) is 17.1 Å². The van der Waals surface area contributed by atoms with Crippen LogP contribution in [0.15, 0.2) is 54.6 Å². The van der Waals surface area contributed by atoms with Crippen LogP contribution in [-0.4, -0.2) is 18.4 Å². The summed E-state index contributed by atoms with van der Waals surface area (Å²) in [6.45, 7) is 2.04. The molecule has 0 saturated heterocycles. The third-order valence-corrected chi connectivity index (χ3v) is 3.55. The maximum Gasteiger partial charge on any atom is 0.308 e. The SMILES string of the molecule is C[C@H](OC(=O)CCNC(=O)c1ccc(Cl)cc1)c1ccccc1. The van der Waals surface area contributed by atoms with Gasteiger partial charge in [0.05, 0.1) is 6.42 Å². The summed E-state index contributed by atoms with van der Waals surface area (Å²) in [5.41, 5.74) is 1.44. The smallest absolute Gasteiger partial charge is 0.308 e. The molecule has 1 amide bonds. The van der Waals surface area contributed by atoms with Crippen LogP contribution in [0.3, 0.4) is 0 Å². The number of amides is 1. The van der Waals surface area contributed by atoms with Crippen molar-refractivity contribution in [2.75, 3.05) is 6.54 Å². The summed E-state index contributed by atoms with van der Waals surface area (Å²) in [6, 6.07) is 16.1. The second-order valence-electron chi connectivity index (χ2n) is 5.06. The van der Waals surface area contributed by atoms with Gasteiger partial charge in [-0.05, 0) is 36.8 Å². The van der Waals surface area contributed by atoms with Gasteiger partial charge in [0.1, 0.15) is 6.10 Å². The standard InChI is InChI=1S/C18H18ClNO3/c1-13(14-5-3-2-4-6-14)23-17(21)11-12-20-18(22)15-7-9-16(19)10-8-15/h2-10,13H,11-12H2,1H3,(H,20,22)/t13-/m0/s1. The Balaban J connectivity index is 1.74. The Morgan fingerprint density at radius 2 is 1.74 bits per heavy atom. The summed E-state index contributed by atoms with van der Waals surface area (Å²) in [5, 5.41) is 3.25. The van der Waals surface area contributed by atoms with E-state index in [1.807, 2.05) is 37.3 Å². The number of hydrogen-bond acceptors (Lipinski definition) is 3. The first-order chi connectivity index (χ1) is 11.1. The molecule has 5 heteroatoms. The van der Waals surface area contributed by atoms with Gasteiger partial charge in [-0.15, -0.1) is 0 Å². The van der Waals surface area contributed by atoms with E-state index in [0.717, 1.165) is 5.56 Å². The van der Waals surface area contributed by atoms with E-state index in [1.165, 1.54) is 0 Å². The highest BCUT2D eigenvalue weighted by atomic mass is 35.5. The summed E-state index contributed by atoms with van der Waals surface area (Å²) >= 11 is 5.77. The normalized spacial score (nSPS) is 11.6. The number of ether oxygens (including phenoxy) is 1. The number of hydrogen-bond donors (Lipinski definition) is 1. The second-order valence-corrected chi connectivity index (χ2v) is 5.49. The molecule has 0 fully saturated rings. The second kappa shape index (κ2) is 8.34. The van der Waals surface area contributed by atoms with E-state index >= 15 is 0 Å². The molecule has 0 heterocycles. The zero-order chi connectivity index (χ0) is 16.7. The molecule has 1 atom stereocenters. The van der Waals surface area contributed by atoms with E-state index in [0.29, 0.717) is 10.6 Å². The lowest BCUT2D eigenvalue weighted by molar-refractivity contribution is -0.148. The molecule has 0 aliphatic carbocycles. The highest BCUT2D eigenvalue weighted by Gasteiger charge is 2.12.